The molecule has 0 bridgehead atoms. The largest absolute Gasteiger partial charge is 0.262 e. The van der Waals surface area contributed by atoms with E-state index in [2.05, 4.69) is 37.9 Å². The van der Waals surface area contributed by atoms with Crippen molar-refractivity contribution in [1.82, 2.24) is 4.98 Å². The molecule has 0 aliphatic carbocycles. The van der Waals surface area contributed by atoms with E-state index in [-0.39, 0.29) is 0 Å². The van der Waals surface area contributed by atoms with Crippen molar-refractivity contribution < 1.29 is 0 Å². The standard InChI is InChI=1S/C12H21NSi/c1-4-14(5-2,6-3)11-12-9-7-8-10-13-12/h7-10H,4-6,11H2,1-3H3. The average molecular weight is 207 g/mol. The molecular weight excluding hydrogens is 186 g/mol. The van der Waals surface area contributed by atoms with E-state index < -0.39 is 8.07 Å². The normalized spacial score (nSPS) is 11.6. The van der Waals surface area contributed by atoms with E-state index in [1.165, 1.54) is 29.9 Å². The quantitative estimate of drug-likeness (QED) is 0.671. The Morgan fingerprint density at radius 3 is 2.14 bits per heavy atom. The Morgan fingerprint density at radius 1 is 1.07 bits per heavy atom. The Balaban J connectivity index is 2.74. The zero-order valence-corrected chi connectivity index (χ0v) is 10.6. The number of aromatic nitrogens is 1. The van der Waals surface area contributed by atoms with E-state index in [0.717, 1.165) is 0 Å². The summed E-state index contributed by atoms with van der Waals surface area (Å²) in [6, 6.07) is 11.7. The summed E-state index contributed by atoms with van der Waals surface area (Å²) < 4.78 is 0. The van der Waals surface area contributed by atoms with Gasteiger partial charge < -0.3 is 0 Å². The fraction of sp³-hybridized carbons (Fsp3) is 0.583. The summed E-state index contributed by atoms with van der Waals surface area (Å²) >= 11 is 0. The lowest BCUT2D eigenvalue weighted by molar-refractivity contribution is 1.05. The first-order valence-electron chi connectivity index (χ1n) is 5.66. The van der Waals surface area contributed by atoms with E-state index in [0.29, 0.717) is 0 Å². The first-order valence-corrected chi connectivity index (χ1v) is 8.49. The van der Waals surface area contributed by atoms with Gasteiger partial charge in [0.1, 0.15) is 0 Å². The van der Waals surface area contributed by atoms with Crippen LogP contribution in [0.15, 0.2) is 24.4 Å². The second-order valence-electron chi connectivity index (χ2n) is 4.06. The van der Waals surface area contributed by atoms with Crippen molar-refractivity contribution in [2.45, 2.75) is 44.9 Å². The first-order chi connectivity index (χ1) is 6.76. The van der Waals surface area contributed by atoms with Gasteiger partial charge in [0.15, 0.2) is 0 Å². The highest BCUT2D eigenvalue weighted by molar-refractivity contribution is 6.79. The molecule has 0 atom stereocenters. The molecular formula is C12H21NSi. The topological polar surface area (TPSA) is 12.9 Å². The van der Waals surface area contributed by atoms with Gasteiger partial charge in [-0.15, -0.1) is 0 Å². The molecule has 14 heavy (non-hydrogen) atoms. The second kappa shape index (κ2) is 5.30. The molecule has 1 aromatic rings. The highest BCUT2D eigenvalue weighted by Gasteiger charge is 2.27. The Kier molecular flexibility index (Phi) is 4.33. The van der Waals surface area contributed by atoms with Gasteiger partial charge in [-0.3, -0.25) is 4.98 Å². The third-order valence-corrected chi connectivity index (χ3v) is 9.14. The minimum Gasteiger partial charge on any atom is -0.262 e. The number of rotatable bonds is 5. The molecule has 0 spiro atoms. The van der Waals surface area contributed by atoms with E-state index in [1.54, 1.807) is 0 Å². The van der Waals surface area contributed by atoms with Crippen LogP contribution in [0, 0.1) is 0 Å². The van der Waals surface area contributed by atoms with Crippen LogP contribution in [0.1, 0.15) is 26.5 Å². The van der Waals surface area contributed by atoms with E-state index in [9.17, 15) is 0 Å². The molecule has 0 amide bonds. The van der Waals surface area contributed by atoms with E-state index >= 15 is 0 Å². The fourth-order valence-electron chi connectivity index (χ4n) is 2.01. The average Bonchev–Trinajstić information content (AvgIpc) is 2.28. The lowest BCUT2D eigenvalue weighted by atomic mass is 10.4. The summed E-state index contributed by atoms with van der Waals surface area (Å²) in [6.45, 7) is 7.05. The zero-order valence-electron chi connectivity index (χ0n) is 9.59. The monoisotopic (exact) mass is 207 g/mol. The van der Waals surface area contributed by atoms with E-state index in [4.69, 9.17) is 0 Å². The lowest BCUT2D eigenvalue weighted by Crippen LogP contribution is -2.35. The van der Waals surface area contributed by atoms with Crippen LogP contribution < -0.4 is 0 Å². The third kappa shape index (κ3) is 2.68. The Hall–Kier alpha value is -0.633. The van der Waals surface area contributed by atoms with Crippen molar-refractivity contribution in [1.29, 1.82) is 0 Å². The van der Waals surface area contributed by atoms with Gasteiger partial charge >= 0.3 is 0 Å². The third-order valence-electron chi connectivity index (χ3n) is 3.53. The van der Waals surface area contributed by atoms with Gasteiger partial charge in [-0.05, 0) is 18.2 Å². The lowest BCUT2D eigenvalue weighted by Gasteiger charge is -2.27. The van der Waals surface area contributed by atoms with E-state index in [1.807, 2.05) is 12.3 Å². The van der Waals surface area contributed by atoms with Gasteiger partial charge in [0.2, 0.25) is 0 Å². The summed E-state index contributed by atoms with van der Waals surface area (Å²) in [5.74, 6) is 0. The summed E-state index contributed by atoms with van der Waals surface area (Å²) in [7, 11) is -1.02. The van der Waals surface area contributed by atoms with Gasteiger partial charge in [0, 0.05) is 11.9 Å². The molecule has 0 fully saturated rings. The molecule has 0 radical (unpaired) electrons. The Labute approximate surface area is 88.6 Å². The van der Waals surface area contributed by atoms with Crippen LogP contribution in [0.5, 0.6) is 0 Å². The molecule has 0 unspecified atom stereocenters. The first kappa shape index (κ1) is 11.4. The van der Waals surface area contributed by atoms with Gasteiger partial charge in [-0.2, -0.15) is 0 Å². The van der Waals surface area contributed by atoms with Crippen molar-refractivity contribution in [2.24, 2.45) is 0 Å². The molecule has 1 aromatic heterocycles. The summed E-state index contributed by atoms with van der Waals surface area (Å²) in [5.41, 5.74) is 1.30. The van der Waals surface area contributed by atoms with Crippen LogP contribution in [0.2, 0.25) is 18.1 Å². The number of hydrogen-bond donors (Lipinski definition) is 0. The Bertz CT molecular complexity index is 246. The highest BCUT2D eigenvalue weighted by Crippen LogP contribution is 2.23. The maximum atomic E-state index is 4.44. The van der Waals surface area contributed by atoms with Crippen molar-refractivity contribution in [3.63, 3.8) is 0 Å². The van der Waals surface area contributed by atoms with Crippen LogP contribution in [0.3, 0.4) is 0 Å². The van der Waals surface area contributed by atoms with Crippen LogP contribution in [0.4, 0.5) is 0 Å². The highest BCUT2D eigenvalue weighted by atomic mass is 28.3. The van der Waals surface area contributed by atoms with Crippen LogP contribution >= 0.6 is 0 Å². The summed E-state index contributed by atoms with van der Waals surface area (Å²) in [4.78, 5) is 4.44. The molecule has 0 aliphatic heterocycles. The van der Waals surface area contributed by atoms with Crippen LogP contribution in [-0.2, 0) is 6.04 Å². The van der Waals surface area contributed by atoms with Crippen LogP contribution in [0.25, 0.3) is 0 Å². The molecule has 1 nitrogen and oxygen atoms in total. The SMILES string of the molecule is CC[Si](CC)(CC)Cc1ccccn1. The van der Waals surface area contributed by atoms with Gasteiger partial charge in [-0.1, -0.05) is 45.0 Å². The van der Waals surface area contributed by atoms with Crippen molar-refractivity contribution in [2.75, 3.05) is 0 Å². The zero-order chi connectivity index (χ0) is 10.4. The molecule has 0 saturated heterocycles. The number of nitrogens with zero attached hydrogens (tertiary/aromatic N) is 1. The predicted molar refractivity (Wildman–Crippen MR) is 65.1 cm³/mol. The minimum atomic E-state index is -1.02. The molecule has 0 saturated carbocycles. The molecule has 2 heteroatoms. The fourth-order valence-corrected chi connectivity index (χ4v) is 5.24. The molecule has 0 aliphatic rings. The Morgan fingerprint density at radius 2 is 1.71 bits per heavy atom. The molecule has 1 rings (SSSR count). The van der Waals surface area contributed by atoms with Gasteiger partial charge in [-0.25, -0.2) is 0 Å². The summed E-state index contributed by atoms with van der Waals surface area (Å²) in [5, 5.41) is 0. The smallest absolute Gasteiger partial charge is 0.0590 e. The number of pyridine rings is 1. The molecule has 78 valence electrons. The summed E-state index contributed by atoms with van der Waals surface area (Å²) in [6.07, 6.45) is 1.91. The van der Waals surface area contributed by atoms with Crippen molar-refractivity contribution in [3.8, 4) is 0 Å². The molecule has 1 heterocycles. The predicted octanol–water partition coefficient (Wildman–Crippen LogP) is 3.67. The van der Waals surface area contributed by atoms with Gasteiger partial charge in [0.05, 0.1) is 8.07 Å². The van der Waals surface area contributed by atoms with Gasteiger partial charge in [0.25, 0.3) is 0 Å². The maximum Gasteiger partial charge on any atom is 0.0590 e. The maximum absolute atomic E-state index is 4.44. The van der Waals surface area contributed by atoms with Crippen LogP contribution in [-0.4, -0.2) is 13.1 Å². The van der Waals surface area contributed by atoms with Crippen molar-refractivity contribution >= 4 is 8.07 Å². The second-order valence-corrected chi connectivity index (χ2v) is 9.53. The number of hydrogen-bond acceptors (Lipinski definition) is 1. The minimum absolute atomic E-state index is 1.02. The molecule has 0 N–H and O–H groups in total. The molecule has 0 aromatic carbocycles. The van der Waals surface area contributed by atoms with Crippen molar-refractivity contribution in [3.05, 3.63) is 30.1 Å².